The largest absolute Gasteiger partial charge is 0.477 e. The van der Waals surface area contributed by atoms with Gasteiger partial charge in [0.1, 0.15) is 18.1 Å². The molecule has 40 heavy (non-hydrogen) atoms. The van der Waals surface area contributed by atoms with Gasteiger partial charge in [0, 0.05) is 23.5 Å². The standard InChI is InChI=1S/C29H30N4O6S/c1-17-21(27(29(36)37)33-26(17)24(18(2)34)28(33)35)15-32-22-9-5-4-8-20(22)25-19(7-6-10-23(25)40(32,38)39)11-12-31-14-13-30(3)16-31/h4-10,13-14,16-18,24,26,34H,11-12,15H2,1-3H3/p+1/t17-,18+,24+,26+/m0/s1. The van der Waals surface area contributed by atoms with Crippen molar-refractivity contribution in [1.82, 2.24) is 9.47 Å². The van der Waals surface area contributed by atoms with Crippen LogP contribution in [0.1, 0.15) is 19.4 Å². The molecule has 4 heterocycles. The van der Waals surface area contributed by atoms with Crippen molar-refractivity contribution in [3.63, 3.8) is 0 Å². The minimum absolute atomic E-state index is 0.172. The van der Waals surface area contributed by atoms with Crippen molar-refractivity contribution in [2.75, 3.05) is 10.8 Å². The number of hydrogen-bond acceptors (Lipinski definition) is 5. The fourth-order valence-corrected chi connectivity index (χ4v) is 8.23. The second-order valence-electron chi connectivity index (χ2n) is 10.8. The number of aliphatic carboxylic acids is 1. The first-order valence-electron chi connectivity index (χ1n) is 13.2. The van der Waals surface area contributed by atoms with Gasteiger partial charge in [0.05, 0.1) is 48.8 Å². The highest BCUT2D eigenvalue weighted by atomic mass is 32.2. The number of carbonyl (C=O) groups is 2. The van der Waals surface area contributed by atoms with Crippen molar-refractivity contribution in [1.29, 1.82) is 0 Å². The summed E-state index contributed by atoms with van der Waals surface area (Å²) in [6.45, 7) is 3.77. The molecule has 11 heteroatoms. The van der Waals surface area contributed by atoms with Crippen LogP contribution in [-0.2, 0) is 39.6 Å². The summed E-state index contributed by atoms with van der Waals surface area (Å²) >= 11 is 0. The van der Waals surface area contributed by atoms with E-state index in [1.165, 1.54) is 16.1 Å². The predicted octanol–water partition coefficient (Wildman–Crippen LogP) is 1.93. The summed E-state index contributed by atoms with van der Waals surface area (Å²) in [6.07, 6.45) is 5.56. The molecule has 1 amide bonds. The summed E-state index contributed by atoms with van der Waals surface area (Å²) in [5.74, 6) is -2.91. The summed E-state index contributed by atoms with van der Waals surface area (Å²) in [6, 6.07) is 12.0. The monoisotopic (exact) mass is 563 g/mol. The first-order chi connectivity index (χ1) is 19.0. The zero-order valence-corrected chi connectivity index (χ0v) is 23.2. The van der Waals surface area contributed by atoms with E-state index in [0.29, 0.717) is 29.8 Å². The topological polar surface area (TPSA) is 124 Å². The molecule has 0 radical (unpaired) electrons. The normalized spacial score (nSPS) is 23.4. The van der Waals surface area contributed by atoms with E-state index in [1.54, 1.807) is 31.2 Å². The molecule has 3 aliphatic rings. The Morgan fingerprint density at radius 1 is 1.15 bits per heavy atom. The molecule has 2 N–H and O–H groups in total. The minimum Gasteiger partial charge on any atom is -0.477 e. The number of anilines is 1. The third-order valence-corrected chi connectivity index (χ3v) is 10.2. The maximum absolute atomic E-state index is 14.2. The van der Waals surface area contributed by atoms with Gasteiger partial charge in [0.25, 0.3) is 10.0 Å². The van der Waals surface area contributed by atoms with Gasteiger partial charge in [0.2, 0.25) is 12.2 Å². The number of carboxylic acids is 1. The van der Waals surface area contributed by atoms with Crippen LogP contribution in [-0.4, -0.2) is 58.7 Å². The van der Waals surface area contributed by atoms with Gasteiger partial charge >= 0.3 is 5.97 Å². The van der Waals surface area contributed by atoms with Crippen LogP contribution in [0.5, 0.6) is 0 Å². The van der Waals surface area contributed by atoms with Gasteiger partial charge in [-0.15, -0.1) is 0 Å². The molecule has 0 unspecified atom stereocenters. The number of nitrogens with zero attached hydrogens (tertiary/aromatic N) is 4. The molecule has 1 fully saturated rings. The summed E-state index contributed by atoms with van der Waals surface area (Å²) in [7, 11) is -2.13. The molecule has 0 aliphatic carbocycles. The van der Waals surface area contributed by atoms with Gasteiger partial charge in [-0.25, -0.2) is 22.3 Å². The maximum atomic E-state index is 14.2. The van der Waals surface area contributed by atoms with E-state index in [4.69, 9.17) is 0 Å². The number of rotatable bonds is 7. The van der Waals surface area contributed by atoms with Crippen molar-refractivity contribution in [2.24, 2.45) is 18.9 Å². The van der Waals surface area contributed by atoms with Crippen LogP contribution in [0.3, 0.4) is 0 Å². The van der Waals surface area contributed by atoms with Gasteiger partial charge < -0.3 is 15.1 Å². The van der Waals surface area contributed by atoms with E-state index in [2.05, 4.69) is 0 Å². The molecular weight excluding hydrogens is 532 g/mol. The Balaban J connectivity index is 1.42. The molecule has 0 bridgehead atoms. The number of para-hydroxylation sites is 1. The van der Waals surface area contributed by atoms with Gasteiger partial charge in [0.15, 0.2) is 0 Å². The predicted molar refractivity (Wildman–Crippen MR) is 145 cm³/mol. The lowest BCUT2D eigenvalue weighted by atomic mass is 9.77. The Morgan fingerprint density at radius 3 is 2.58 bits per heavy atom. The van der Waals surface area contributed by atoms with Crippen molar-refractivity contribution < 1.29 is 32.8 Å². The number of benzene rings is 2. The van der Waals surface area contributed by atoms with Crippen LogP contribution in [0.4, 0.5) is 5.69 Å². The Morgan fingerprint density at radius 2 is 1.90 bits per heavy atom. The molecule has 1 saturated heterocycles. The number of β-lactam (4-membered cyclic amide) rings is 1. The summed E-state index contributed by atoms with van der Waals surface area (Å²) < 4.78 is 33.7. The number of fused-ring (bicyclic) bond motifs is 4. The van der Waals surface area contributed by atoms with Crippen LogP contribution < -0.4 is 8.87 Å². The van der Waals surface area contributed by atoms with Crippen LogP contribution in [0.2, 0.25) is 0 Å². The lowest BCUT2D eigenvalue weighted by Crippen LogP contribution is -2.63. The second kappa shape index (κ2) is 9.31. The third kappa shape index (κ3) is 3.79. The molecular formula is C29H31N4O6S+. The van der Waals surface area contributed by atoms with E-state index in [1.807, 2.05) is 53.1 Å². The molecule has 4 atom stereocenters. The molecule has 6 rings (SSSR count). The molecule has 0 saturated carbocycles. The molecule has 208 valence electrons. The molecule has 3 aromatic rings. The number of aliphatic hydroxyl groups excluding tert-OH is 1. The highest BCUT2D eigenvalue weighted by Gasteiger charge is 2.60. The number of carbonyl (C=O) groups excluding carboxylic acids is 1. The number of aromatic nitrogens is 2. The molecule has 1 aromatic heterocycles. The van der Waals surface area contributed by atoms with Crippen LogP contribution in [0.15, 0.2) is 77.4 Å². The van der Waals surface area contributed by atoms with Crippen LogP contribution >= 0.6 is 0 Å². The quantitative estimate of drug-likeness (QED) is 0.335. The Kier molecular flexibility index (Phi) is 6.11. The number of sulfonamides is 1. The molecule has 3 aliphatic heterocycles. The number of aryl methyl sites for hydroxylation is 3. The molecule has 2 aromatic carbocycles. The summed E-state index contributed by atoms with van der Waals surface area (Å²) in [4.78, 5) is 26.6. The first-order valence-corrected chi connectivity index (χ1v) is 14.7. The van der Waals surface area contributed by atoms with Crippen molar-refractivity contribution in [3.8, 4) is 11.1 Å². The van der Waals surface area contributed by atoms with E-state index in [-0.39, 0.29) is 17.1 Å². The number of hydrogen-bond donors (Lipinski definition) is 2. The average molecular weight is 564 g/mol. The average Bonchev–Trinajstić information content (AvgIpc) is 3.43. The third-order valence-electron chi connectivity index (χ3n) is 8.42. The van der Waals surface area contributed by atoms with Gasteiger partial charge in [-0.05, 0) is 30.2 Å². The summed E-state index contributed by atoms with van der Waals surface area (Å²) in [5.41, 5.74) is 2.95. The van der Waals surface area contributed by atoms with Gasteiger partial charge in [-0.1, -0.05) is 37.3 Å². The van der Waals surface area contributed by atoms with Crippen molar-refractivity contribution in [2.45, 2.75) is 43.9 Å². The number of aliphatic hydroxyl groups is 1. The smallest absolute Gasteiger partial charge is 0.352 e. The van der Waals surface area contributed by atoms with Crippen molar-refractivity contribution >= 4 is 27.6 Å². The second-order valence-corrected chi connectivity index (χ2v) is 12.6. The molecule has 10 nitrogen and oxygen atoms in total. The zero-order chi connectivity index (χ0) is 28.5. The minimum atomic E-state index is -4.07. The van der Waals surface area contributed by atoms with E-state index in [9.17, 15) is 28.2 Å². The summed E-state index contributed by atoms with van der Waals surface area (Å²) in [5, 5.41) is 20.3. The molecule has 0 spiro atoms. The number of imidazole rings is 1. The Bertz CT molecular complexity index is 1690. The zero-order valence-electron chi connectivity index (χ0n) is 22.4. The fourth-order valence-electron chi connectivity index (χ4n) is 6.52. The highest BCUT2D eigenvalue weighted by Crippen LogP contribution is 2.50. The fraction of sp³-hybridized carbons (Fsp3) is 0.345. The lowest BCUT2D eigenvalue weighted by molar-refractivity contribution is -0.671. The van der Waals surface area contributed by atoms with E-state index < -0.39 is 45.9 Å². The van der Waals surface area contributed by atoms with Gasteiger partial charge in [-0.2, -0.15) is 0 Å². The lowest BCUT2D eigenvalue weighted by Gasteiger charge is -2.46. The Labute approximate surface area is 232 Å². The van der Waals surface area contributed by atoms with Gasteiger partial charge in [-0.3, -0.25) is 9.10 Å². The number of carboxylic acid groups (broad SMARTS) is 1. The Hall–Kier alpha value is -3.96. The van der Waals surface area contributed by atoms with Crippen LogP contribution in [0, 0.1) is 11.8 Å². The van der Waals surface area contributed by atoms with Crippen molar-refractivity contribution in [3.05, 3.63) is 78.0 Å². The SMILES string of the molecule is C[C@@H](O)[C@H]1C(=O)N2C(C(=O)O)=C(CN3c4ccccc4-c4c(CCn5cc[n+](C)c5)cccc4S3(=O)=O)[C@H](C)[C@H]12. The highest BCUT2D eigenvalue weighted by molar-refractivity contribution is 7.93. The first kappa shape index (κ1) is 26.3. The maximum Gasteiger partial charge on any atom is 0.352 e. The van der Waals surface area contributed by atoms with E-state index >= 15 is 0 Å². The van der Waals surface area contributed by atoms with E-state index in [0.717, 1.165) is 11.1 Å². The van der Waals surface area contributed by atoms with Crippen LogP contribution in [0.25, 0.3) is 11.1 Å². The number of amides is 1.